The fraction of sp³-hybridized carbons (Fsp3) is 0.321. The van der Waals surface area contributed by atoms with E-state index in [0.717, 1.165) is 48.8 Å². The van der Waals surface area contributed by atoms with Gasteiger partial charge in [-0.05, 0) is 66.1 Å². The van der Waals surface area contributed by atoms with Crippen molar-refractivity contribution in [2.24, 2.45) is 5.92 Å². The van der Waals surface area contributed by atoms with Crippen LogP contribution >= 0.6 is 11.6 Å². The zero-order valence-corrected chi connectivity index (χ0v) is 21.1. The Kier molecular flexibility index (Phi) is 8.26. The number of benzene rings is 3. The summed E-state index contributed by atoms with van der Waals surface area (Å²) in [6, 6.07) is 22.0. The van der Waals surface area contributed by atoms with Crippen LogP contribution in [-0.2, 0) is 21.2 Å². The number of carboxylic acid groups (broad SMARTS) is 1. The van der Waals surface area contributed by atoms with Crippen LogP contribution in [0.1, 0.15) is 37.7 Å². The summed E-state index contributed by atoms with van der Waals surface area (Å²) < 4.78 is 29.0. The second-order valence-corrected chi connectivity index (χ2v) is 11.5. The zero-order chi connectivity index (χ0) is 24.8. The van der Waals surface area contributed by atoms with E-state index in [4.69, 9.17) is 11.6 Å². The van der Waals surface area contributed by atoms with Gasteiger partial charge in [-0.15, -0.1) is 0 Å². The minimum Gasteiger partial charge on any atom is -0.480 e. The van der Waals surface area contributed by atoms with Crippen LogP contribution in [0.2, 0.25) is 5.02 Å². The highest BCUT2D eigenvalue weighted by atomic mass is 35.5. The lowest BCUT2D eigenvalue weighted by molar-refractivity contribution is -0.141. The lowest BCUT2D eigenvalue weighted by atomic mass is 9.89. The normalized spacial score (nSPS) is 15.7. The molecule has 3 aromatic carbocycles. The first-order valence-electron chi connectivity index (χ1n) is 12.0. The van der Waals surface area contributed by atoms with Crippen molar-refractivity contribution >= 4 is 27.6 Å². The second-order valence-electron chi connectivity index (χ2n) is 9.15. The monoisotopic (exact) mass is 511 g/mol. The van der Waals surface area contributed by atoms with Gasteiger partial charge in [-0.3, -0.25) is 4.79 Å². The maximum Gasteiger partial charge on any atom is 0.322 e. The third-order valence-electron chi connectivity index (χ3n) is 6.71. The van der Waals surface area contributed by atoms with Crippen molar-refractivity contribution in [3.63, 3.8) is 0 Å². The number of rotatable bonds is 9. The molecular weight excluding hydrogens is 482 g/mol. The molecule has 0 aromatic heterocycles. The molecule has 3 aromatic rings. The number of sulfonamides is 1. The lowest BCUT2D eigenvalue weighted by Crippen LogP contribution is -2.48. The molecule has 0 bridgehead atoms. The van der Waals surface area contributed by atoms with Gasteiger partial charge in [0.1, 0.15) is 6.04 Å². The highest BCUT2D eigenvalue weighted by molar-refractivity contribution is 7.89. The van der Waals surface area contributed by atoms with Gasteiger partial charge >= 0.3 is 5.97 Å². The van der Waals surface area contributed by atoms with Crippen LogP contribution in [0, 0.1) is 5.92 Å². The predicted octanol–water partition coefficient (Wildman–Crippen LogP) is 6.27. The Morgan fingerprint density at radius 1 is 0.886 bits per heavy atom. The van der Waals surface area contributed by atoms with Crippen molar-refractivity contribution in [2.45, 2.75) is 49.5 Å². The summed E-state index contributed by atoms with van der Waals surface area (Å²) in [6.45, 7) is 0.213. The molecule has 35 heavy (non-hydrogen) atoms. The van der Waals surface area contributed by atoms with Crippen molar-refractivity contribution in [3.8, 4) is 11.1 Å². The van der Waals surface area contributed by atoms with E-state index in [0.29, 0.717) is 5.02 Å². The number of carbonyl (C=O) groups is 1. The van der Waals surface area contributed by atoms with Crippen LogP contribution in [0.4, 0.5) is 0 Å². The second kappa shape index (κ2) is 11.4. The van der Waals surface area contributed by atoms with Gasteiger partial charge in [0.2, 0.25) is 10.0 Å². The van der Waals surface area contributed by atoms with Crippen molar-refractivity contribution in [1.29, 1.82) is 0 Å². The molecule has 1 aliphatic rings. The van der Waals surface area contributed by atoms with Crippen molar-refractivity contribution in [1.82, 2.24) is 4.31 Å². The van der Waals surface area contributed by atoms with Gasteiger partial charge in [0.05, 0.1) is 4.90 Å². The fourth-order valence-electron chi connectivity index (χ4n) is 4.76. The predicted molar refractivity (Wildman–Crippen MR) is 139 cm³/mol. The molecule has 1 fully saturated rings. The number of aliphatic carboxylic acids is 1. The maximum absolute atomic E-state index is 13.9. The molecule has 0 saturated heterocycles. The highest BCUT2D eigenvalue weighted by Crippen LogP contribution is 2.30. The van der Waals surface area contributed by atoms with E-state index in [1.54, 1.807) is 36.4 Å². The highest BCUT2D eigenvalue weighted by Gasteiger charge is 2.37. The van der Waals surface area contributed by atoms with Crippen LogP contribution in [0.25, 0.3) is 11.1 Å². The van der Waals surface area contributed by atoms with Crippen LogP contribution in [0.3, 0.4) is 0 Å². The maximum atomic E-state index is 13.9. The number of carboxylic acids is 1. The fourth-order valence-corrected chi connectivity index (χ4v) is 6.55. The molecule has 4 rings (SSSR count). The molecule has 0 heterocycles. The topological polar surface area (TPSA) is 74.7 Å². The van der Waals surface area contributed by atoms with Gasteiger partial charge in [-0.2, -0.15) is 4.31 Å². The SMILES string of the molecule is O=C(O)[C@@H](Cc1ccccc1)N(CC1CCCCC1)S(=O)(=O)c1ccc(-c2ccc(Cl)cc2)cc1. The van der Waals surface area contributed by atoms with E-state index in [1.165, 1.54) is 4.31 Å². The third-order valence-corrected chi connectivity index (χ3v) is 8.85. The Hall–Kier alpha value is -2.67. The molecule has 0 spiro atoms. The summed E-state index contributed by atoms with van der Waals surface area (Å²) in [6.07, 6.45) is 5.18. The van der Waals surface area contributed by atoms with Gasteiger partial charge in [0.15, 0.2) is 0 Å². The summed E-state index contributed by atoms with van der Waals surface area (Å²) in [5.41, 5.74) is 2.57. The molecule has 0 aliphatic heterocycles. The molecule has 5 nitrogen and oxygen atoms in total. The Balaban J connectivity index is 1.67. The van der Waals surface area contributed by atoms with Crippen molar-refractivity contribution in [3.05, 3.63) is 89.4 Å². The Morgan fingerprint density at radius 2 is 1.46 bits per heavy atom. The largest absolute Gasteiger partial charge is 0.480 e. The average molecular weight is 512 g/mol. The zero-order valence-electron chi connectivity index (χ0n) is 19.5. The molecule has 1 saturated carbocycles. The Morgan fingerprint density at radius 3 is 2.03 bits per heavy atom. The van der Waals surface area contributed by atoms with E-state index in [-0.39, 0.29) is 23.8 Å². The van der Waals surface area contributed by atoms with Crippen molar-refractivity contribution in [2.75, 3.05) is 6.54 Å². The van der Waals surface area contributed by atoms with Gasteiger partial charge in [0, 0.05) is 11.6 Å². The minimum atomic E-state index is -4.04. The Bertz CT molecular complexity index is 1220. The van der Waals surface area contributed by atoms with E-state index in [9.17, 15) is 18.3 Å². The Labute approximate surface area is 212 Å². The molecule has 1 N–H and O–H groups in total. The van der Waals surface area contributed by atoms with E-state index >= 15 is 0 Å². The van der Waals surface area contributed by atoms with Crippen LogP contribution < -0.4 is 0 Å². The molecule has 0 radical (unpaired) electrons. The average Bonchev–Trinajstić information content (AvgIpc) is 2.88. The first-order chi connectivity index (χ1) is 16.8. The van der Waals surface area contributed by atoms with Crippen LogP contribution in [-0.4, -0.2) is 36.4 Å². The van der Waals surface area contributed by atoms with Gasteiger partial charge < -0.3 is 5.11 Å². The number of hydrogen-bond acceptors (Lipinski definition) is 3. The summed E-state index contributed by atoms with van der Waals surface area (Å²) in [5.74, 6) is -0.976. The quantitative estimate of drug-likeness (QED) is 0.367. The van der Waals surface area contributed by atoms with E-state index in [1.807, 2.05) is 42.5 Å². The molecule has 0 amide bonds. The van der Waals surface area contributed by atoms with Crippen LogP contribution in [0.5, 0.6) is 0 Å². The van der Waals surface area contributed by atoms with E-state index in [2.05, 4.69) is 0 Å². The first kappa shape index (κ1) is 25.4. The molecular formula is C28H30ClNO4S. The van der Waals surface area contributed by atoms with Gasteiger partial charge in [-0.1, -0.05) is 85.5 Å². The summed E-state index contributed by atoms with van der Waals surface area (Å²) in [4.78, 5) is 12.5. The summed E-state index contributed by atoms with van der Waals surface area (Å²) in [5, 5.41) is 10.8. The van der Waals surface area contributed by atoms with E-state index < -0.39 is 22.0 Å². The molecule has 1 aliphatic carbocycles. The molecule has 7 heteroatoms. The van der Waals surface area contributed by atoms with Gasteiger partial charge in [0.25, 0.3) is 0 Å². The number of nitrogens with zero attached hydrogens (tertiary/aromatic N) is 1. The molecule has 1 atom stereocenters. The first-order valence-corrected chi connectivity index (χ1v) is 13.8. The molecule has 184 valence electrons. The lowest BCUT2D eigenvalue weighted by Gasteiger charge is -2.33. The third kappa shape index (κ3) is 6.31. The van der Waals surface area contributed by atoms with Gasteiger partial charge in [-0.25, -0.2) is 8.42 Å². The smallest absolute Gasteiger partial charge is 0.322 e. The minimum absolute atomic E-state index is 0.102. The summed E-state index contributed by atoms with van der Waals surface area (Å²) in [7, 11) is -4.04. The summed E-state index contributed by atoms with van der Waals surface area (Å²) >= 11 is 5.98. The standard InChI is InChI=1S/C28H30ClNO4S/c29-25-15-11-23(12-16-25)24-13-17-26(18-14-24)35(33,34)30(20-22-9-5-2-6-10-22)27(28(31)32)19-21-7-3-1-4-8-21/h1,3-4,7-8,11-18,22,27H,2,5-6,9-10,19-20H2,(H,31,32)/t27-/m1/s1. The van der Waals surface area contributed by atoms with Crippen molar-refractivity contribution < 1.29 is 18.3 Å². The molecule has 0 unspecified atom stereocenters. The number of hydrogen-bond donors (Lipinski definition) is 1. The number of halogens is 1. The van der Waals surface area contributed by atoms with Crippen LogP contribution in [0.15, 0.2) is 83.8 Å².